The van der Waals surface area contributed by atoms with Crippen LogP contribution in [0.15, 0.2) is 73.4 Å². The number of azo groups is 1. The van der Waals surface area contributed by atoms with Crippen molar-refractivity contribution < 1.29 is 43.7 Å². The third-order valence-corrected chi connectivity index (χ3v) is 11.5. The summed E-state index contributed by atoms with van der Waals surface area (Å²) in [4.78, 5) is 11.3. The van der Waals surface area contributed by atoms with E-state index < -0.39 is 73.0 Å². The van der Waals surface area contributed by atoms with Gasteiger partial charge in [-0.3, -0.25) is 23.6 Å². The first kappa shape index (κ1) is 39.8. The number of rotatable bonds is 10. The van der Waals surface area contributed by atoms with Crippen molar-refractivity contribution in [2.75, 3.05) is 0 Å². The molecule has 5 aromatic rings. The molecule has 0 unspecified atom stereocenters. The van der Waals surface area contributed by atoms with Gasteiger partial charge in [-0.15, -0.1) is 20.4 Å². The summed E-state index contributed by atoms with van der Waals surface area (Å²) >= 11 is 0. The number of aromatic amines is 1. The fourth-order valence-electron chi connectivity index (χ4n) is 5.33. The van der Waals surface area contributed by atoms with Gasteiger partial charge in [0.1, 0.15) is 15.9 Å². The summed E-state index contributed by atoms with van der Waals surface area (Å²) in [7, 11) is -14.6. The van der Waals surface area contributed by atoms with Crippen molar-refractivity contribution in [1.29, 1.82) is 5.26 Å². The van der Waals surface area contributed by atoms with E-state index in [0.29, 0.717) is 5.69 Å². The number of amides is 1. The molecular weight excluding hydrogens is 769 g/mol. The number of hydrogen-bond acceptors (Lipinski definition) is 13. The van der Waals surface area contributed by atoms with Crippen LogP contribution in [0.2, 0.25) is 0 Å². The summed E-state index contributed by atoms with van der Waals surface area (Å²) in [5.41, 5.74) is -3.32. The Bertz CT molecular complexity index is 2750. The van der Waals surface area contributed by atoms with Crippen LogP contribution < -0.4 is 5.32 Å². The third-order valence-electron chi connectivity index (χ3n) is 8.83. The molecule has 0 spiro atoms. The zero-order chi connectivity index (χ0) is 40.4. The Hall–Kier alpha value is -5.38. The van der Waals surface area contributed by atoms with Gasteiger partial charge < -0.3 is 5.32 Å². The fraction of sp³-hybridized carbons (Fsp3) is 0.323. The lowest BCUT2D eigenvalue weighted by molar-refractivity contribution is 0.0863. The second-order valence-electron chi connectivity index (χ2n) is 14.1. The van der Waals surface area contributed by atoms with E-state index in [1.165, 1.54) is 22.7 Å². The van der Waals surface area contributed by atoms with Gasteiger partial charge in [0.05, 0.1) is 21.8 Å². The standard InChI is InChI=1S/C31H34N10O10S3/c1-29(2,3)25-24(35-34-23-14-17(16-32)38-40(23)20-15-18(52(43,44)45)12-13-22(20)54(49,50)51)26-36-37-28(41(26)39-25)30(4,5)31(6,7)33-27(42)19-10-8-9-11-21(19)53(46,47)48/h8-15,39H,1-7H3,(H,33,42)(H,43,44,45)(H,46,47,48)(H,49,50,51). The van der Waals surface area contributed by atoms with Crippen LogP contribution >= 0.6 is 0 Å². The van der Waals surface area contributed by atoms with Gasteiger partial charge in [-0.1, -0.05) is 46.8 Å². The minimum Gasteiger partial charge on any atom is -0.346 e. The molecule has 3 heterocycles. The molecule has 3 aromatic heterocycles. The second-order valence-corrected chi connectivity index (χ2v) is 18.3. The van der Waals surface area contributed by atoms with Crippen molar-refractivity contribution in [1.82, 2.24) is 34.9 Å². The number of benzene rings is 2. The molecule has 0 saturated carbocycles. The van der Waals surface area contributed by atoms with Gasteiger partial charge in [0.15, 0.2) is 23.0 Å². The average molecular weight is 803 g/mol. The third kappa shape index (κ3) is 7.39. The van der Waals surface area contributed by atoms with E-state index >= 15 is 0 Å². The highest BCUT2D eigenvalue weighted by Crippen LogP contribution is 2.40. The van der Waals surface area contributed by atoms with E-state index in [1.54, 1.807) is 33.8 Å². The minimum atomic E-state index is -5.01. The lowest BCUT2D eigenvalue weighted by Gasteiger charge is -2.40. The number of hydrogen-bond donors (Lipinski definition) is 5. The van der Waals surface area contributed by atoms with E-state index in [1.807, 2.05) is 20.8 Å². The van der Waals surface area contributed by atoms with Crippen LogP contribution in [0.3, 0.4) is 0 Å². The number of aromatic nitrogens is 6. The molecule has 5 rings (SSSR count). The topological polar surface area (TPSA) is 305 Å². The molecule has 0 aliphatic heterocycles. The van der Waals surface area contributed by atoms with Crippen molar-refractivity contribution in [2.24, 2.45) is 10.2 Å². The monoisotopic (exact) mass is 802 g/mol. The first-order chi connectivity index (χ1) is 24.7. The quantitative estimate of drug-likeness (QED) is 0.0983. The summed E-state index contributed by atoms with van der Waals surface area (Å²) < 4.78 is 104. The molecule has 2 aromatic carbocycles. The van der Waals surface area contributed by atoms with Crippen LogP contribution in [0.1, 0.15) is 76.0 Å². The number of nitrogens with zero attached hydrogens (tertiary/aromatic N) is 8. The molecule has 0 fully saturated rings. The van der Waals surface area contributed by atoms with Crippen LogP contribution in [0.4, 0.5) is 11.5 Å². The number of carbonyl (C=O) groups is 1. The van der Waals surface area contributed by atoms with Gasteiger partial charge in [0.2, 0.25) is 5.65 Å². The smallest absolute Gasteiger partial charge is 0.296 e. The summed E-state index contributed by atoms with van der Waals surface area (Å²) in [5, 5.41) is 37.0. The zero-order valence-corrected chi connectivity index (χ0v) is 32.1. The van der Waals surface area contributed by atoms with E-state index in [2.05, 4.69) is 35.9 Å². The highest BCUT2D eigenvalue weighted by molar-refractivity contribution is 7.86. The lowest BCUT2D eigenvalue weighted by Crippen LogP contribution is -2.56. The van der Waals surface area contributed by atoms with Crippen LogP contribution in [0.25, 0.3) is 11.3 Å². The number of H-pyrrole nitrogens is 1. The Morgan fingerprint density at radius 3 is 2.06 bits per heavy atom. The van der Waals surface area contributed by atoms with E-state index in [9.17, 15) is 49.0 Å². The van der Waals surface area contributed by atoms with Gasteiger partial charge >= 0.3 is 0 Å². The molecule has 0 aliphatic rings. The molecule has 0 radical (unpaired) electrons. The first-order valence-corrected chi connectivity index (χ1v) is 19.9. The van der Waals surface area contributed by atoms with E-state index in [4.69, 9.17) is 0 Å². The zero-order valence-electron chi connectivity index (χ0n) is 29.6. The van der Waals surface area contributed by atoms with Crippen LogP contribution in [0.5, 0.6) is 0 Å². The Labute approximate surface area is 309 Å². The van der Waals surface area contributed by atoms with Gasteiger partial charge in [0, 0.05) is 22.4 Å². The maximum atomic E-state index is 13.4. The normalized spacial score (nSPS) is 13.4. The van der Waals surface area contributed by atoms with Crippen molar-refractivity contribution in [3.8, 4) is 11.8 Å². The number of nitriles is 1. The van der Waals surface area contributed by atoms with Crippen LogP contribution in [-0.4, -0.2) is 79.9 Å². The molecule has 23 heteroatoms. The number of carbonyl (C=O) groups excluding carboxylic acids is 1. The molecule has 54 heavy (non-hydrogen) atoms. The molecule has 0 bridgehead atoms. The predicted molar refractivity (Wildman–Crippen MR) is 189 cm³/mol. The SMILES string of the molecule is CC(C)(C)c1[nH]n2c(C(C)(C)C(C)(C)NC(=O)c3ccccc3S(=O)(=O)O)nnc2c1N=Nc1cc(C#N)nn1-c1cc(S(=O)(=O)O)ccc1S(=O)(=O)O. The molecule has 286 valence electrons. The summed E-state index contributed by atoms with van der Waals surface area (Å²) in [6, 6.07) is 10.3. The van der Waals surface area contributed by atoms with Gasteiger partial charge in [-0.05, 0) is 44.2 Å². The average Bonchev–Trinajstić information content (AvgIpc) is 3.76. The minimum absolute atomic E-state index is 0.133. The maximum absolute atomic E-state index is 13.4. The maximum Gasteiger partial charge on any atom is 0.296 e. The first-order valence-electron chi connectivity index (χ1n) is 15.6. The Balaban J connectivity index is 1.63. The molecular formula is C31H34N10O10S3. The van der Waals surface area contributed by atoms with Gasteiger partial charge in [-0.2, -0.15) is 35.6 Å². The summed E-state index contributed by atoms with van der Waals surface area (Å²) in [6.45, 7) is 12.4. The van der Waals surface area contributed by atoms with Gasteiger partial charge in [-0.25, -0.2) is 9.20 Å². The van der Waals surface area contributed by atoms with Gasteiger partial charge in [0.25, 0.3) is 36.3 Å². The summed E-state index contributed by atoms with van der Waals surface area (Å²) in [5.74, 6) is -0.794. The van der Waals surface area contributed by atoms with Crippen molar-refractivity contribution in [2.45, 2.75) is 79.5 Å². The van der Waals surface area contributed by atoms with Crippen LogP contribution in [-0.2, 0) is 41.2 Å². The second kappa shape index (κ2) is 13.2. The van der Waals surface area contributed by atoms with Crippen LogP contribution in [0, 0.1) is 11.3 Å². The molecule has 0 saturated heterocycles. The highest BCUT2D eigenvalue weighted by Gasteiger charge is 2.45. The van der Waals surface area contributed by atoms with E-state index in [0.717, 1.165) is 35.0 Å². The fourth-order valence-corrected chi connectivity index (χ4v) is 7.16. The predicted octanol–water partition coefficient (Wildman–Crippen LogP) is 4.05. The molecule has 1 amide bonds. The number of nitrogens with one attached hydrogen (secondary N) is 2. The highest BCUT2D eigenvalue weighted by atomic mass is 32.2. The molecule has 0 aliphatic carbocycles. The van der Waals surface area contributed by atoms with Crippen molar-refractivity contribution >= 4 is 53.4 Å². The van der Waals surface area contributed by atoms with Crippen molar-refractivity contribution in [3.05, 3.63) is 71.3 Å². The largest absolute Gasteiger partial charge is 0.346 e. The Morgan fingerprint density at radius 2 is 1.48 bits per heavy atom. The van der Waals surface area contributed by atoms with E-state index in [-0.39, 0.29) is 34.2 Å². The van der Waals surface area contributed by atoms with Crippen molar-refractivity contribution in [3.63, 3.8) is 0 Å². The molecule has 0 atom stereocenters. The molecule has 20 nitrogen and oxygen atoms in total. The Kier molecular flexibility index (Phi) is 9.72. The Morgan fingerprint density at radius 1 is 0.852 bits per heavy atom. The summed E-state index contributed by atoms with van der Waals surface area (Å²) in [6.07, 6.45) is 0. The molecule has 5 N–H and O–H groups in total. The number of fused-ring (bicyclic) bond motifs is 1. The lowest BCUT2D eigenvalue weighted by atomic mass is 9.73.